The lowest BCUT2D eigenvalue weighted by Crippen LogP contribution is -2.48. The number of rotatable bonds is 5. The van der Waals surface area contributed by atoms with E-state index in [1.807, 2.05) is 0 Å². The first-order valence-electron chi connectivity index (χ1n) is 6.09. The number of aliphatic carboxylic acids is 1. The lowest BCUT2D eigenvalue weighted by molar-refractivity contribution is -0.154. The van der Waals surface area contributed by atoms with Crippen LogP contribution in [-0.2, 0) is 15.3 Å². The Morgan fingerprint density at radius 3 is 2.90 bits per heavy atom. The van der Waals surface area contributed by atoms with Crippen molar-refractivity contribution >= 4 is 23.6 Å². The van der Waals surface area contributed by atoms with Crippen LogP contribution >= 0.6 is 11.8 Å². The first kappa shape index (κ1) is 15.8. The van der Waals surface area contributed by atoms with Gasteiger partial charge in [-0.15, -0.1) is 0 Å². The fourth-order valence-corrected chi connectivity index (χ4v) is 2.30. The standard InChI is InChI=1S/C12H13F2NO5S/c13-12(14)21-6-7-1-2-8(20-7)10(16)15-3-4-19-9(5-15)11(17)18/h1-2,9,12H,3-6H2,(H,17,18). The summed E-state index contributed by atoms with van der Waals surface area (Å²) in [7, 11) is 0. The smallest absolute Gasteiger partial charge is 0.334 e. The Bertz CT molecular complexity index is 522. The van der Waals surface area contributed by atoms with Crippen LogP contribution < -0.4 is 0 Å². The monoisotopic (exact) mass is 321 g/mol. The van der Waals surface area contributed by atoms with Gasteiger partial charge in [-0.2, -0.15) is 8.78 Å². The highest BCUT2D eigenvalue weighted by atomic mass is 32.2. The first-order chi connectivity index (χ1) is 9.97. The number of hydrogen-bond acceptors (Lipinski definition) is 5. The molecule has 1 amide bonds. The number of amides is 1. The molecule has 0 saturated carbocycles. The fraction of sp³-hybridized carbons (Fsp3) is 0.500. The molecule has 1 aromatic rings. The molecule has 6 nitrogen and oxygen atoms in total. The third kappa shape index (κ3) is 4.18. The minimum Gasteiger partial charge on any atom is -0.479 e. The second kappa shape index (κ2) is 6.90. The topological polar surface area (TPSA) is 80.0 Å². The molecule has 9 heteroatoms. The van der Waals surface area contributed by atoms with Crippen LogP contribution in [0.2, 0.25) is 0 Å². The largest absolute Gasteiger partial charge is 0.479 e. The quantitative estimate of drug-likeness (QED) is 0.888. The van der Waals surface area contributed by atoms with E-state index in [0.29, 0.717) is 11.8 Å². The van der Waals surface area contributed by atoms with Gasteiger partial charge in [0.05, 0.1) is 18.9 Å². The van der Waals surface area contributed by atoms with Gasteiger partial charge in [0.1, 0.15) is 5.76 Å². The number of thioether (sulfide) groups is 1. The van der Waals surface area contributed by atoms with E-state index in [-0.39, 0.29) is 37.0 Å². The van der Waals surface area contributed by atoms with E-state index in [1.54, 1.807) is 0 Å². The molecule has 2 rings (SSSR count). The zero-order chi connectivity index (χ0) is 15.4. The molecule has 2 heterocycles. The van der Waals surface area contributed by atoms with Crippen LogP contribution in [0.15, 0.2) is 16.5 Å². The minimum absolute atomic E-state index is 0.00547. The van der Waals surface area contributed by atoms with Gasteiger partial charge in [-0.1, -0.05) is 11.8 Å². The number of ether oxygens (including phenoxy) is 1. The van der Waals surface area contributed by atoms with Crippen LogP contribution in [0.4, 0.5) is 8.78 Å². The zero-order valence-electron chi connectivity index (χ0n) is 10.8. The number of halogens is 2. The van der Waals surface area contributed by atoms with Crippen LogP contribution in [0.3, 0.4) is 0 Å². The molecule has 116 valence electrons. The number of nitrogens with zero attached hydrogens (tertiary/aromatic N) is 1. The molecule has 0 aromatic carbocycles. The Morgan fingerprint density at radius 1 is 1.48 bits per heavy atom. The molecule has 1 aliphatic rings. The Labute approximate surface area is 123 Å². The third-order valence-electron chi connectivity index (χ3n) is 2.85. The van der Waals surface area contributed by atoms with Crippen LogP contribution in [0.25, 0.3) is 0 Å². The van der Waals surface area contributed by atoms with E-state index in [1.165, 1.54) is 17.0 Å². The summed E-state index contributed by atoms with van der Waals surface area (Å²) >= 11 is 0.400. The van der Waals surface area contributed by atoms with Crippen molar-refractivity contribution in [3.05, 3.63) is 23.7 Å². The van der Waals surface area contributed by atoms with Crippen molar-refractivity contribution in [1.29, 1.82) is 0 Å². The molecule has 21 heavy (non-hydrogen) atoms. The van der Waals surface area contributed by atoms with Crippen molar-refractivity contribution in [3.8, 4) is 0 Å². The Morgan fingerprint density at radius 2 is 2.24 bits per heavy atom. The molecule has 0 bridgehead atoms. The summed E-state index contributed by atoms with van der Waals surface area (Å²) in [5.74, 6) is -3.88. The maximum absolute atomic E-state index is 12.1. The normalized spacial score (nSPS) is 19.0. The van der Waals surface area contributed by atoms with Crippen LogP contribution in [0.5, 0.6) is 0 Å². The van der Waals surface area contributed by atoms with Gasteiger partial charge >= 0.3 is 5.97 Å². The van der Waals surface area contributed by atoms with Gasteiger partial charge in [0.15, 0.2) is 11.9 Å². The molecule has 0 spiro atoms. The summed E-state index contributed by atoms with van der Waals surface area (Å²) < 4.78 is 34.4. The van der Waals surface area contributed by atoms with E-state index in [4.69, 9.17) is 14.3 Å². The molecule has 0 radical (unpaired) electrons. The van der Waals surface area contributed by atoms with Crippen molar-refractivity contribution in [3.63, 3.8) is 0 Å². The number of hydrogen-bond donors (Lipinski definition) is 1. The predicted molar refractivity (Wildman–Crippen MR) is 69.3 cm³/mol. The van der Waals surface area contributed by atoms with Gasteiger partial charge in [-0.3, -0.25) is 4.79 Å². The number of furan rings is 1. The number of carbonyl (C=O) groups is 2. The molecular formula is C12H13F2NO5S. The molecule has 1 unspecified atom stereocenters. The second-order valence-electron chi connectivity index (χ2n) is 4.29. The second-order valence-corrected chi connectivity index (χ2v) is 5.26. The minimum atomic E-state index is -2.51. The summed E-state index contributed by atoms with van der Waals surface area (Å²) in [4.78, 5) is 24.3. The van der Waals surface area contributed by atoms with E-state index in [0.717, 1.165) is 0 Å². The molecule has 1 saturated heterocycles. The predicted octanol–water partition coefficient (Wildman–Crippen LogP) is 1.66. The number of morpholine rings is 1. The van der Waals surface area contributed by atoms with Gasteiger partial charge in [-0.05, 0) is 12.1 Å². The van der Waals surface area contributed by atoms with Gasteiger partial charge < -0.3 is 19.2 Å². The number of carbonyl (C=O) groups excluding carboxylic acids is 1. The van der Waals surface area contributed by atoms with Gasteiger partial charge in [0, 0.05) is 6.54 Å². The van der Waals surface area contributed by atoms with E-state index < -0.39 is 23.7 Å². The summed E-state index contributed by atoms with van der Waals surface area (Å²) in [6.45, 7) is 0.303. The molecule has 1 aliphatic heterocycles. The van der Waals surface area contributed by atoms with Crippen molar-refractivity contribution in [2.45, 2.75) is 17.6 Å². The number of alkyl halides is 2. The van der Waals surface area contributed by atoms with Crippen LogP contribution in [0.1, 0.15) is 16.3 Å². The summed E-state index contributed by atoms with van der Waals surface area (Å²) in [6, 6.07) is 2.85. The van der Waals surface area contributed by atoms with Gasteiger partial charge in [-0.25, -0.2) is 4.79 Å². The van der Waals surface area contributed by atoms with Crippen molar-refractivity contribution in [1.82, 2.24) is 4.90 Å². The van der Waals surface area contributed by atoms with E-state index >= 15 is 0 Å². The van der Waals surface area contributed by atoms with Crippen LogP contribution in [0, 0.1) is 0 Å². The highest BCUT2D eigenvalue weighted by molar-refractivity contribution is 7.98. The molecule has 0 aliphatic carbocycles. The lowest BCUT2D eigenvalue weighted by Gasteiger charge is -2.30. The average molecular weight is 321 g/mol. The van der Waals surface area contributed by atoms with Gasteiger partial charge in [0.2, 0.25) is 0 Å². The molecule has 1 fully saturated rings. The Kier molecular flexibility index (Phi) is 5.18. The van der Waals surface area contributed by atoms with Gasteiger partial charge in [0.25, 0.3) is 11.7 Å². The number of carboxylic acids is 1. The summed E-state index contributed by atoms with van der Waals surface area (Å²) in [5, 5.41) is 8.87. The van der Waals surface area contributed by atoms with Crippen molar-refractivity contribution in [2.75, 3.05) is 19.7 Å². The molecule has 1 N–H and O–H groups in total. The highest BCUT2D eigenvalue weighted by Crippen LogP contribution is 2.22. The van der Waals surface area contributed by atoms with E-state index in [9.17, 15) is 18.4 Å². The maximum Gasteiger partial charge on any atom is 0.334 e. The first-order valence-corrected chi connectivity index (χ1v) is 7.14. The Balaban J connectivity index is 1.98. The number of carboxylic acid groups (broad SMARTS) is 1. The fourth-order valence-electron chi connectivity index (χ4n) is 1.85. The van der Waals surface area contributed by atoms with Crippen LogP contribution in [-0.4, -0.2) is 53.4 Å². The Hall–Kier alpha value is -1.61. The zero-order valence-corrected chi connectivity index (χ0v) is 11.6. The average Bonchev–Trinajstić information content (AvgIpc) is 2.93. The van der Waals surface area contributed by atoms with E-state index in [2.05, 4.69) is 0 Å². The lowest BCUT2D eigenvalue weighted by atomic mass is 10.2. The third-order valence-corrected chi connectivity index (χ3v) is 3.56. The summed E-state index contributed by atoms with van der Waals surface area (Å²) in [5.41, 5.74) is 0. The molecule has 1 atom stereocenters. The molecular weight excluding hydrogens is 308 g/mol. The highest BCUT2D eigenvalue weighted by Gasteiger charge is 2.30. The molecule has 1 aromatic heterocycles. The van der Waals surface area contributed by atoms with Crippen molar-refractivity contribution in [2.24, 2.45) is 0 Å². The SMILES string of the molecule is O=C(O)C1CN(C(=O)c2ccc(CSC(F)F)o2)CCO1. The van der Waals surface area contributed by atoms with Crippen molar-refractivity contribution < 1.29 is 32.6 Å². The summed E-state index contributed by atoms with van der Waals surface area (Å²) in [6.07, 6.45) is -1.06. The maximum atomic E-state index is 12.1.